The minimum Gasteiger partial charge on any atom is -0.504 e. The number of carbonyl (C=O) groups excluding carboxylic acids is 1. The molecule has 0 bridgehead atoms. The summed E-state index contributed by atoms with van der Waals surface area (Å²) >= 11 is 4.76. The molecule has 1 atom stereocenters. The molecular formula is C12H16N2O3S. The minimum absolute atomic E-state index is 0.157. The van der Waals surface area contributed by atoms with Crippen molar-refractivity contribution < 1.29 is 14.6 Å². The number of nitrogens with two attached hydrogens (primary N) is 1. The summed E-state index contributed by atoms with van der Waals surface area (Å²) in [4.78, 5) is 12.2. The average Bonchev–Trinajstić information content (AvgIpc) is 2.27. The lowest BCUT2D eigenvalue weighted by molar-refractivity contribution is 0.0938. The Labute approximate surface area is 111 Å². The third kappa shape index (κ3) is 3.59. The number of phenols is 1. The van der Waals surface area contributed by atoms with Gasteiger partial charge in [-0.1, -0.05) is 18.3 Å². The number of aromatic hydroxyl groups is 1. The highest BCUT2D eigenvalue weighted by Gasteiger charge is 2.16. The standard InChI is InChI=1S/C12H16N2O3S/c1-7(6-10(13)18)14-12(16)8-4-3-5-9(17-2)11(8)15/h3-5,7,15H,6H2,1-2H3,(H2,13,18)(H,14,16). The molecule has 0 aliphatic heterocycles. The maximum absolute atomic E-state index is 11.9. The van der Waals surface area contributed by atoms with Crippen LogP contribution in [0.15, 0.2) is 18.2 Å². The maximum Gasteiger partial charge on any atom is 0.255 e. The first-order valence-electron chi connectivity index (χ1n) is 5.40. The van der Waals surface area contributed by atoms with Crippen LogP contribution >= 0.6 is 12.2 Å². The van der Waals surface area contributed by atoms with Gasteiger partial charge in [-0.15, -0.1) is 0 Å². The van der Waals surface area contributed by atoms with Crippen LogP contribution in [0.3, 0.4) is 0 Å². The fourth-order valence-corrected chi connectivity index (χ4v) is 1.77. The van der Waals surface area contributed by atoms with Crippen LogP contribution in [-0.4, -0.2) is 29.2 Å². The summed E-state index contributed by atoms with van der Waals surface area (Å²) in [5, 5.41) is 12.5. The van der Waals surface area contributed by atoms with Crippen molar-refractivity contribution in [1.29, 1.82) is 0 Å². The fourth-order valence-electron chi connectivity index (χ4n) is 1.52. The molecule has 1 aromatic carbocycles. The number of hydrogen-bond donors (Lipinski definition) is 3. The molecule has 6 heteroatoms. The smallest absolute Gasteiger partial charge is 0.255 e. The normalized spacial score (nSPS) is 11.7. The predicted molar refractivity (Wildman–Crippen MR) is 73.0 cm³/mol. The third-order valence-corrected chi connectivity index (χ3v) is 2.52. The molecular weight excluding hydrogens is 252 g/mol. The maximum atomic E-state index is 11.9. The van der Waals surface area contributed by atoms with E-state index in [2.05, 4.69) is 5.32 Å². The zero-order valence-corrected chi connectivity index (χ0v) is 11.1. The highest BCUT2D eigenvalue weighted by atomic mass is 32.1. The number of carbonyl (C=O) groups is 1. The lowest BCUT2D eigenvalue weighted by Crippen LogP contribution is -2.35. The number of hydrogen-bond acceptors (Lipinski definition) is 4. The van der Waals surface area contributed by atoms with Crippen molar-refractivity contribution in [2.75, 3.05) is 7.11 Å². The third-order valence-electron chi connectivity index (χ3n) is 2.35. The lowest BCUT2D eigenvalue weighted by atomic mass is 10.1. The van der Waals surface area contributed by atoms with Crippen molar-refractivity contribution in [2.45, 2.75) is 19.4 Å². The molecule has 1 aromatic rings. The predicted octanol–water partition coefficient (Wildman–Crippen LogP) is 1.20. The highest BCUT2D eigenvalue weighted by Crippen LogP contribution is 2.29. The van der Waals surface area contributed by atoms with Crippen LogP contribution in [0.4, 0.5) is 0 Å². The first-order chi connectivity index (χ1) is 8.45. The molecule has 5 nitrogen and oxygen atoms in total. The second kappa shape index (κ2) is 6.20. The van der Waals surface area contributed by atoms with Crippen molar-refractivity contribution in [3.63, 3.8) is 0 Å². The number of benzene rings is 1. The first kappa shape index (κ1) is 14.2. The Hall–Kier alpha value is -1.82. The summed E-state index contributed by atoms with van der Waals surface area (Å²) in [5.41, 5.74) is 5.55. The van der Waals surface area contributed by atoms with Crippen LogP contribution < -0.4 is 15.8 Å². The van der Waals surface area contributed by atoms with E-state index in [0.29, 0.717) is 11.4 Å². The second-order valence-corrected chi connectivity index (χ2v) is 4.43. The molecule has 0 saturated heterocycles. The number of nitrogens with one attached hydrogen (secondary N) is 1. The number of amides is 1. The molecule has 0 aromatic heterocycles. The van der Waals surface area contributed by atoms with E-state index in [-0.39, 0.29) is 23.1 Å². The van der Waals surface area contributed by atoms with Crippen molar-refractivity contribution in [3.05, 3.63) is 23.8 Å². The van der Waals surface area contributed by atoms with Crippen LogP contribution in [-0.2, 0) is 0 Å². The van der Waals surface area contributed by atoms with Gasteiger partial charge in [0.05, 0.1) is 17.7 Å². The van der Waals surface area contributed by atoms with Gasteiger partial charge in [0.1, 0.15) is 0 Å². The summed E-state index contributed by atoms with van der Waals surface area (Å²) in [6.07, 6.45) is 0.409. The molecule has 0 saturated carbocycles. The number of para-hydroxylation sites is 1. The SMILES string of the molecule is COc1cccc(C(=O)NC(C)CC(N)=S)c1O. The van der Waals surface area contributed by atoms with E-state index in [9.17, 15) is 9.90 Å². The summed E-state index contributed by atoms with van der Waals surface area (Å²) in [6, 6.07) is 4.53. The van der Waals surface area contributed by atoms with Crippen molar-refractivity contribution in [2.24, 2.45) is 5.73 Å². The molecule has 0 aliphatic carbocycles. The van der Waals surface area contributed by atoms with E-state index in [4.69, 9.17) is 22.7 Å². The molecule has 1 unspecified atom stereocenters. The van der Waals surface area contributed by atoms with E-state index in [0.717, 1.165) is 0 Å². The molecule has 4 N–H and O–H groups in total. The second-order valence-electron chi connectivity index (χ2n) is 3.90. The topological polar surface area (TPSA) is 84.6 Å². The van der Waals surface area contributed by atoms with Gasteiger partial charge in [-0.3, -0.25) is 4.79 Å². The Morgan fingerprint density at radius 2 is 2.28 bits per heavy atom. The van der Waals surface area contributed by atoms with E-state index < -0.39 is 5.91 Å². The molecule has 0 heterocycles. The Kier molecular flexibility index (Phi) is 4.91. The number of phenolic OH excluding ortho intramolecular Hbond substituents is 1. The van der Waals surface area contributed by atoms with Crippen molar-refractivity contribution in [3.8, 4) is 11.5 Å². The Morgan fingerprint density at radius 3 is 2.83 bits per heavy atom. The fraction of sp³-hybridized carbons (Fsp3) is 0.333. The first-order valence-corrected chi connectivity index (χ1v) is 5.81. The van der Waals surface area contributed by atoms with Crippen LogP contribution in [0.1, 0.15) is 23.7 Å². The van der Waals surface area contributed by atoms with Crippen LogP contribution in [0.5, 0.6) is 11.5 Å². The largest absolute Gasteiger partial charge is 0.504 e. The van der Waals surface area contributed by atoms with Crippen LogP contribution in [0, 0.1) is 0 Å². The molecule has 1 amide bonds. The van der Waals surface area contributed by atoms with Gasteiger partial charge >= 0.3 is 0 Å². The molecule has 98 valence electrons. The monoisotopic (exact) mass is 268 g/mol. The van der Waals surface area contributed by atoms with Gasteiger partial charge in [0.25, 0.3) is 5.91 Å². The van der Waals surface area contributed by atoms with E-state index >= 15 is 0 Å². The van der Waals surface area contributed by atoms with Gasteiger partial charge in [0, 0.05) is 12.5 Å². The van der Waals surface area contributed by atoms with Crippen molar-refractivity contribution in [1.82, 2.24) is 5.32 Å². The van der Waals surface area contributed by atoms with Crippen LogP contribution in [0.2, 0.25) is 0 Å². The molecule has 0 spiro atoms. The van der Waals surface area contributed by atoms with Gasteiger partial charge in [-0.25, -0.2) is 0 Å². The zero-order chi connectivity index (χ0) is 13.7. The Morgan fingerprint density at radius 1 is 1.61 bits per heavy atom. The van der Waals surface area contributed by atoms with Gasteiger partial charge in [0.15, 0.2) is 11.5 Å². The van der Waals surface area contributed by atoms with Gasteiger partial charge in [0.2, 0.25) is 0 Å². The number of ether oxygens (including phenoxy) is 1. The molecule has 0 radical (unpaired) electrons. The summed E-state index contributed by atoms with van der Waals surface area (Å²) < 4.78 is 4.93. The summed E-state index contributed by atoms with van der Waals surface area (Å²) in [5.74, 6) is -0.320. The number of methoxy groups -OCH3 is 1. The highest BCUT2D eigenvalue weighted by molar-refractivity contribution is 7.80. The summed E-state index contributed by atoms with van der Waals surface area (Å²) in [6.45, 7) is 1.79. The van der Waals surface area contributed by atoms with Crippen molar-refractivity contribution >= 4 is 23.1 Å². The van der Waals surface area contributed by atoms with Crippen LogP contribution in [0.25, 0.3) is 0 Å². The average molecular weight is 268 g/mol. The van der Waals surface area contributed by atoms with Gasteiger partial charge in [-0.2, -0.15) is 0 Å². The Balaban J connectivity index is 2.81. The number of rotatable bonds is 5. The van der Waals surface area contributed by atoms with Gasteiger partial charge in [-0.05, 0) is 19.1 Å². The number of thiocarbonyl (C=S) groups is 1. The molecule has 0 fully saturated rings. The molecule has 1 rings (SSSR count). The Bertz CT molecular complexity index is 463. The zero-order valence-electron chi connectivity index (χ0n) is 10.3. The van der Waals surface area contributed by atoms with E-state index in [1.54, 1.807) is 19.1 Å². The van der Waals surface area contributed by atoms with E-state index in [1.807, 2.05) is 0 Å². The van der Waals surface area contributed by atoms with Gasteiger partial charge < -0.3 is 20.9 Å². The molecule has 0 aliphatic rings. The lowest BCUT2D eigenvalue weighted by Gasteiger charge is -2.14. The minimum atomic E-state index is -0.393. The van der Waals surface area contributed by atoms with E-state index in [1.165, 1.54) is 13.2 Å². The summed E-state index contributed by atoms with van der Waals surface area (Å²) in [7, 11) is 1.42. The molecule has 18 heavy (non-hydrogen) atoms. The quantitative estimate of drug-likeness (QED) is 0.699.